The van der Waals surface area contributed by atoms with E-state index in [0.29, 0.717) is 18.2 Å². The van der Waals surface area contributed by atoms with Crippen LogP contribution >= 0.6 is 0 Å². The minimum absolute atomic E-state index is 0.243. The Balaban J connectivity index is 2.79. The highest BCUT2D eigenvalue weighted by molar-refractivity contribution is 5.79. The molecule has 0 unspecified atom stereocenters. The van der Waals surface area contributed by atoms with Gasteiger partial charge in [0.2, 0.25) is 0 Å². The summed E-state index contributed by atoms with van der Waals surface area (Å²) in [6, 6.07) is 6.23. The van der Waals surface area contributed by atoms with Crippen molar-refractivity contribution in [3.05, 3.63) is 23.8 Å². The summed E-state index contributed by atoms with van der Waals surface area (Å²) < 4.78 is 10.6. The first-order valence-electron chi connectivity index (χ1n) is 6.93. The third-order valence-electron chi connectivity index (χ3n) is 3.35. The van der Waals surface area contributed by atoms with E-state index in [9.17, 15) is 0 Å². The van der Waals surface area contributed by atoms with Crippen LogP contribution in [-0.2, 0) is 6.54 Å². The average Bonchev–Trinajstić information content (AvgIpc) is 2.50. The molecule has 0 atom stereocenters. The summed E-state index contributed by atoms with van der Waals surface area (Å²) in [5, 5.41) is 11.6. The van der Waals surface area contributed by atoms with Crippen molar-refractivity contribution in [2.75, 3.05) is 20.8 Å². The van der Waals surface area contributed by atoms with Crippen molar-refractivity contribution >= 4 is 5.84 Å². The molecule has 0 amide bonds. The van der Waals surface area contributed by atoms with E-state index in [0.717, 1.165) is 24.4 Å². The van der Waals surface area contributed by atoms with Gasteiger partial charge >= 0.3 is 0 Å². The van der Waals surface area contributed by atoms with Crippen molar-refractivity contribution in [1.82, 2.24) is 4.90 Å². The van der Waals surface area contributed by atoms with Crippen molar-refractivity contribution in [3.63, 3.8) is 0 Å². The third kappa shape index (κ3) is 5.15. The summed E-state index contributed by atoms with van der Waals surface area (Å²) in [5.74, 6) is 1.68. The molecule has 0 heterocycles. The molecule has 1 aromatic carbocycles. The van der Waals surface area contributed by atoms with E-state index < -0.39 is 0 Å². The number of benzene rings is 1. The Morgan fingerprint density at radius 3 is 2.48 bits per heavy atom. The first-order valence-corrected chi connectivity index (χ1v) is 6.93. The summed E-state index contributed by atoms with van der Waals surface area (Å²) >= 11 is 0. The fourth-order valence-corrected chi connectivity index (χ4v) is 2.04. The molecule has 6 heteroatoms. The second-order valence-corrected chi connectivity index (χ2v) is 5.09. The SMILES string of the molecule is COc1ccc(CN(CCC(N)=NO)C(C)C)cc1OC. The lowest BCUT2D eigenvalue weighted by Gasteiger charge is -2.26. The molecule has 0 aliphatic carbocycles. The molecule has 0 saturated heterocycles. The molecule has 3 N–H and O–H groups in total. The standard InChI is InChI=1S/C15H25N3O3/c1-11(2)18(8-7-15(16)17-19)10-12-5-6-13(20-3)14(9-12)21-4/h5-6,9,11,19H,7-8,10H2,1-4H3,(H2,16,17). The Morgan fingerprint density at radius 2 is 1.95 bits per heavy atom. The van der Waals surface area contributed by atoms with E-state index in [1.165, 1.54) is 0 Å². The maximum atomic E-state index is 8.62. The van der Waals surface area contributed by atoms with Crippen molar-refractivity contribution < 1.29 is 14.7 Å². The van der Waals surface area contributed by atoms with Gasteiger partial charge in [0.1, 0.15) is 5.84 Å². The largest absolute Gasteiger partial charge is 0.493 e. The number of hydrogen-bond acceptors (Lipinski definition) is 5. The highest BCUT2D eigenvalue weighted by atomic mass is 16.5. The number of hydrogen-bond donors (Lipinski definition) is 2. The number of nitrogens with zero attached hydrogens (tertiary/aromatic N) is 2. The van der Waals surface area contributed by atoms with Gasteiger partial charge in [0.25, 0.3) is 0 Å². The topological polar surface area (TPSA) is 80.3 Å². The van der Waals surface area contributed by atoms with Crippen LogP contribution in [0.3, 0.4) is 0 Å². The average molecular weight is 295 g/mol. The van der Waals surface area contributed by atoms with E-state index in [1.54, 1.807) is 14.2 Å². The lowest BCUT2D eigenvalue weighted by Crippen LogP contribution is -2.33. The van der Waals surface area contributed by atoms with Crippen LogP contribution in [0.5, 0.6) is 11.5 Å². The molecule has 0 aromatic heterocycles. The van der Waals surface area contributed by atoms with Crippen molar-refractivity contribution in [2.45, 2.75) is 32.9 Å². The molecule has 1 rings (SSSR count). The van der Waals surface area contributed by atoms with Gasteiger partial charge in [-0.2, -0.15) is 0 Å². The van der Waals surface area contributed by atoms with Gasteiger partial charge in [0.15, 0.2) is 11.5 Å². The Labute approximate surface area is 126 Å². The van der Waals surface area contributed by atoms with Gasteiger partial charge in [-0.25, -0.2) is 0 Å². The molecular formula is C15H25N3O3. The van der Waals surface area contributed by atoms with E-state index in [4.69, 9.17) is 20.4 Å². The smallest absolute Gasteiger partial charge is 0.161 e. The van der Waals surface area contributed by atoms with Gasteiger partial charge in [0.05, 0.1) is 14.2 Å². The Bertz CT molecular complexity index is 475. The maximum Gasteiger partial charge on any atom is 0.161 e. The van der Waals surface area contributed by atoms with E-state index >= 15 is 0 Å². The molecule has 1 aromatic rings. The predicted molar refractivity (Wildman–Crippen MR) is 83.1 cm³/mol. The van der Waals surface area contributed by atoms with Crippen molar-refractivity contribution in [1.29, 1.82) is 0 Å². The van der Waals surface area contributed by atoms with Crippen LogP contribution in [0, 0.1) is 0 Å². The quantitative estimate of drug-likeness (QED) is 0.332. The molecule has 0 saturated carbocycles. The molecule has 0 spiro atoms. The van der Waals surface area contributed by atoms with Crippen molar-refractivity contribution in [2.24, 2.45) is 10.9 Å². The molecule has 0 aliphatic heterocycles. The third-order valence-corrected chi connectivity index (χ3v) is 3.35. The van der Waals surface area contributed by atoms with Crippen LogP contribution in [0.25, 0.3) is 0 Å². The normalized spacial score (nSPS) is 12.0. The summed E-state index contributed by atoms with van der Waals surface area (Å²) in [4.78, 5) is 2.25. The first-order chi connectivity index (χ1) is 10.0. The molecule has 0 radical (unpaired) electrons. The summed E-state index contributed by atoms with van der Waals surface area (Å²) in [6.07, 6.45) is 0.530. The van der Waals surface area contributed by atoms with Crippen LogP contribution in [0.1, 0.15) is 25.8 Å². The number of ether oxygens (including phenoxy) is 2. The molecule has 0 aliphatic rings. The number of amidine groups is 1. The van der Waals surface area contributed by atoms with Gasteiger partial charge in [-0.3, -0.25) is 4.90 Å². The molecular weight excluding hydrogens is 270 g/mol. The zero-order valence-corrected chi connectivity index (χ0v) is 13.2. The number of methoxy groups -OCH3 is 2. The number of rotatable bonds is 8. The summed E-state index contributed by atoms with van der Waals surface area (Å²) in [6.45, 7) is 5.72. The second-order valence-electron chi connectivity index (χ2n) is 5.09. The number of nitrogens with two attached hydrogens (primary N) is 1. The van der Waals surface area contributed by atoms with Crippen LogP contribution in [0.4, 0.5) is 0 Å². The zero-order valence-electron chi connectivity index (χ0n) is 13.2. The van der Waals surface area contributed by atoms with Gasteiger partial charge in [-0.15, -0.1) is 0 Å². The fraction of sp³-hybridized carbons (Fsp3) is 0.533. The summed E-state index contributed by atoms with van der Waals surface area (Å²) in [5.41, 5.74) is 6.66. The molecule has 21 heavy (non-hydrogen) atoms. The van der Waals surface area contributed by atoms with Gasteiger partial charge in [0, 0.05) is 25.6 Å². The lowest BCUT2D eigenvalue weighted by atomic mass is 10.1. The minimum Gasteiger partial charge on any atom is -0.493 e. The number of oxime groups is 1. The maximum absolute atomic E-state index is 8.62. The zero-order chi connectivity index (χ0) is 15.8. The predicted octanol–water partition coefficient (Wildman–Crippen LogP) is 2.05. The highest BCUT2D eigenvalue weighted by Crippen LogP contribution is 2.28. The van der Waals surface area contributed by atoms with Crippen LogP contribution < -0.4 is 15.2 Å². The fourth-order valence-electron chi connectivity index (χ4n) is 2.04. The Kier molecular flexibility index (Phi) is 6.81. The van der Waals surface area contributed by atoms with Gasteiger partial charge in [-0.1, -0.05) is 11.2 Å². The molecule has 0 bridgehead atoms. The first kappa shape index (κ1) is 17.1. The molecule has 118 valence electrons. The molecule has 0 fully saturated rings. The Morgan fingerprint density at radius 1 is 1.29 bits per heavy atom. The van der Waals surface area contributed by atoms with Crippen LogP contribution in [0.15, 0.2) is 23.4 Å². The van der Waals surface area contributed by atoms with Gasteiger partial charge < -0.3 is 20.4 Å². The monoisotopic (exact) mass is 295 g/mol. The second kappa shape index (κ2) is 8.36. The lowest BCUT2D eigenvalue weighted by molar-refractivity contribution is 0.217. The van der Waals surface area contributed by atoms with Crippen LogP contribution in [-0.4, -0.2) is 42.7 Å². The van der Waals surface area contributed by atoms with Crippen LogP contribution in [0.2, 0.25) is 0 Å². The summed E-state index contributed by atoms with van der Waals surface area (Å²) in [7, 11) is 3.25. The van der Waals surface area contributed by atoms with E-state index in [1.807, 2.05) is 18.2 Å². The van der Waals surface area contributed by atoms with E-state index in [2.05, 4.69) is 23.9 Å². The van der Waals surface area contributed by atoms with Crippen molar-refractivity contribution in [3.8, 4) is 11.5 Å². The highest BCUT2D eigenvalue weighted by Gasteiger charge is 2.12. The molecule has 6 nitrogen and oxygen atoms in total. The van der Waals surface area contributed by atoms with Gasteiger partial charge in [-0.05, 0) is 31.5 Å². The van der Waals surface area contributed by atoms with E-state index in [-0.39, 0.29) is 5.84 Å². The minimum atomic E-state index is 0.243. The Hall–Kier alpha value is -1.95.